The lowest BCUT2D eigenvalue weighted by atomic mass is 10.1. The van der Waals surface area contributed by atoms with Gasteiger partial charge < -0.3 is 4.74 Å². The Hall–Kier alpha value is -2.11. The van der Waals surface area contributed by atoms with Crippen LogP contribution in [-0.2, 0) is 0 Å². The zero-order valence-electron chi connectivity index (χ0n) is 12.1. The summed E-state index contributed by atoms with van der Waals surface area (Å²) in [5.41, 5.74) is 2.55. The number of hydrogen-bond acceptors (Lipinski definition) is 1. The molecule has 0 heterocycles. The van der Waals surface area contributed by atoms with Crippen molar-refractivity contribution in [3.05, 3.63) is 84.9 Å². The minimum atomic E-state index is 0.904. The van der Waals surface area contributed by atoms with Gasteiger partial charge >= 0.3 is 0 Å². The van der Waals surface area contributed by atoms with E-state index in [1.54, 1.807) is 7.11 Å². The Balaban J connectivity index is 0.000000161. The molecule has 1 atom stereocenters. The maximum Gasteiger partial charge on any atom is 0.118 e. The number of ether oxygens (including phenoxy) is 1. The van der Waals surface area contributed by atoms with Crippen molar-refractivity contribution in [3.63, 3.8) is 0 Å². The average molecular weight is 294 g/mol. The highest BCUT2D eigenvalue weighted by Crippen LogP contribution is 2.17. The third kappa shape index (κ3) is 5.06. The Bertz CT molecular complexity index is 596. The highest BCUT2D eigenvalue weighted by atomic mass is 31.0. The second-order valence-corrected chi connectivity index (χ2v) is 5.17. The molecule has 0 amide bonds. The average Bonchev–Trinajstić information content (AvgIpc) is 2.58. The fraction of sp³-hybridized carbons (Fsp3) is 0.0526. The molecule has 0 aliphatic heterocycles. The van der Waals surface area contributed by atoms with Gasteiger partial charge in [0.25, 0.3) is 0 Å². The molecule has 0 aromatic heterocycles. The van der Waals surface area contributed by atoms with Crippen LogP contribution >= 0.6 is 9.24 Å². The first kappa shape index (κ1) is 15.3. The van der Waals surface area contributed by atoms with Gasteiger partial charge in [0.05, 0.1) is 7.11 Å². The first-order chi connectivity index (χ1) is 10.3. The highest BCUT2D eigenvalue weighted by Gasteiger charge is 1.91. The molecule has 0 aliphatic rings. The summed E-state index contributed by atoms with van der Waals surface area (Å²) in [6, 6.07) is 28.6. The molecule has 3 aromatic carbocycles. The molecule has 0 fully saturated rings. The van der Waals surface area contributed by atoms with E-state index < -0.39 is 0 Å². The predicted octanol–water partition coefficient (Wildman–Crippen LogP) is 4.55. The first-order valence-corrected chi connectivity index (χ1v) is 7.37. The molecule has 1 nitrogen and oxygen atoms in total. The molecule has 106 valence electrons. The van der Waals surface area contributed by atoms with Crippen molar-refractivity contribution in [2.75, 3.05) is 7.11 Å². The molecule has 0 saturated heterocycles. The number of methoxy groups -OCH3 is 1. The Labute approximate surface area is 128 Å². The van der Waals surface area contributed by atoms with E-state index in [1.807, 2.05) is 36.4 Å². The smallest absolute Gasteiger partial charge is 0.118 e. The Morgan fingerprint density at radius 1 is 0.619 bits per heavy atom. The Morgan fingerprint density at radius 2 is 1.05 bits per heavy atom. The van der Waals surface area contributed by atoms with Crippen molar-refractivity contribution in [2.45, 2.75) is 0 Å². The van der Waals surface area contributed by atoms with Crippen molar-refractivity contribution >= 4 is 14.5 Å². The molecule has 0 bridgehead atoms. The van der Waals surface area contributed by atoms with Gasteiger partial charge in [0.15, 0.2) is 0 Å². The summed E-state index contributed by atoms with van der Waals surface area (Å²) in [5.74, 6) is 0.904. The molecule has 3 rings (SSSR count). The van der Waals surface area contributed by atoms with Crippen molar-refractivity contribution in [1.82, 2.24) is 0 Å². The SMILES string of the molecule is COc1ccc(P)cc1.c1ccc(-c2ccccc2)cc1. The minimum Gasteiger partial charge on any atom is -0.497 e. The molecule has 3 aromatic rings. The van der Waals surface area contributed by atoms with Crippen molar-refractivity contribution in [2.24, 2.45) is 0 Å². The third-order valence-corrected chi connectivity index (χ3v) is 3.38. The van der Waals surface area contributed by atoms with Crippen LogP contribution in [-0.4, -0.2) is 7.11 Å². The summed E-state index contributed by atoms with van der Waals surface area (Å²) in [6.07, 6.45) is 0. The maximum absolute atomic E-state index is 4.96. The molecule has 0 N–H and O–H groups in total. The molecule has 1 unspecified atom stereocenters. The maximum atomic E-state index is 4.96. The van der Waals surface area contributed by atoms with E-state index in [-0.39, 0.29) is 0 Å². The van der Waals surface area contributed by atoms with Gasteiger partial charge in [-0.05, 0) is 28.6 Å². The van der Waals surface area contributed by atoms with E-state index in [2.05, 4.69) is 57.8 Å². The number of benzene rings is 3. The van der Waals surface area contributed by atoms with E-state index in [4.69, 9.17) is 4.74 Å². The quantitative estimate of drug-likeness (QED) is 0.630. The third-order valence-electron chi connectivity index (χ3n) is 3.00. The standard InChI is InChI=1S/C12H10.C7H9OP/c1-3-7-11(8-4-1)12-9-5-2-6-10-12;1-8-6-2-4-7(9)5-3-6/h1-10H;2-5H,9H2,1H3. The van der Waals surface area contributed by atoms with E-state index in [0.29, 0.717) is 0 Å². The van der Waals surface area contributed by atoms with Gasteiger partial charge in [-0.25, -0.2) is 0 Å². The van der Waals surface area contributed by atoms with Crippen LogP contribution < -0.4 is 10.0 Å². The molecular formula is C19H19OP. The van der Waals surface area contributed by atoms with E-state index in [9.17, 15) is 0 Å². The molecular weight excluding hydrogens is 275 g/mol. The topological polar surface area (TPSA) is 9.23 Å². The largest absolute Gasteiger partial charge is 0.497 e. The monoisotopic (exact) mass is 294 g/mol. The molecule has 2 heteroatoms. The fourth-order valence-electron chi connectivity index (χ4n) is 1.87. The summed E-state index contributed by atoms with van der Waals surface area (Å²) < 4.78 is 4.96. The fourth-order valence-corrected chi connectivity index (χ4v) is 2.06. The zero-order valence-corrected chi connectivity index (χ0v) is 13.2. The van der Waals surface area contributed by atoms with Crippen molar-refractivity contribution in [1.29, 1.82) is 0 Å². The molecule has 21 heavy (non-hydrogen) atoms. The van der Waals surface area contributed by atoms with Gasteiger partial charge in [-0.1, -0.05) is 72.8 Å². The molecule has 0 aliphatic carbocycles. The van der Waals surface area contributed by atoms with Crippen molar-refractivity contribution < 1.29 is 4.74 Å². The Kier molecular flexibility index (Phi) is 5.99. The summed E-state index contributed by atoms with van der Waals surface area (Å²) in [5, 5.41) is 1.18. The van der Waals surface area contributed by atoms with Gasteiger partial charge in [-0.2, -0.15) is 0 Å². The van der Waals surface area contributed by atoms with Crippen LogP contribution in [0.5, 0.6) is 5.75 Å². The number of rotatable bonds is 2. The summed E-state index contributed by atoms with van der Waals surface area (Å²) in [6.45, 7) is 0. The summed E-state index contributed by atoms with van der Waals surface area (Å²) in [4.78, 5) is 0. The lowest BCUT2D eigenvalue weighted by molar-refractivity contribution is 0.415. The normalized spacial score (nSPS) is 9.43. The van der Waals surface area contributed by atoms with Crippen molar-refractivity contribution in [3.8, 4) is 16.9 Å². The van der Waals surface area contributed by atoms with Crippen LogP contribution in [0.1, 0.15) is 0 Å². The van der Waals surface area contributed by atoms with Crippen LogP contribution in [0.3, 0.4) is 0 Å². The van der Waals surface area contributed by atoms with Gasteiger partial charge in [-0.15, -0.1) is 9.24 Å². The predicted molar refractivity (Wildman–Crippen MR) is 94.2 cm³/mol. The van der Waals surface area contributed by atoms with Gasteiger partial charge in [-0.3, -0.25) is 0 Å². The van der Waals surface area contributed by atoms with Gasteiger partial charge in [0.1, 0.15) is 5.75 Å². The lowest BCUT2D eigenvalue weighted by Crippen LogP contribution is -1.88. The molecule has 0 spiro atoms. The second-order valence-electron chi connectivity index (χ2n) is 4.51. The first-order valence-electron chi connectivity index (χ1n) is 6.79. The van der Waals surface area contributed by atoms with Crippen LogP contribution in [0, 0.1) is 0 Å². The summed E-state index contributed by atoms with van der Waals surface area (Å²) in [7, 11) is 4.28. The minimum absolute atomic E-state index is 0.904. The van der Waals surface area contributed by atoms with E-state index in [1.165, 1.54) is 16.4 Å². The summed E-state index contributed by atoms with van der Waals surface area (Å²) >= 11 is 0. The van der Waals surface area contributed by atoms with E-state index in [0.717, 1.165) is 5.75 Å². The van der Waals surface area contributed by atoms with Crippen LogP contribution in [0.15, 0.2) is 84.9 Å². The van der Waals surface area contributed by atoms with Crippen LogP contribution in [0.4, 0.5) is 0 Å². The van der Waals surface area contributed by atoms with Crippen LogP contribution in [0.25, 0.3) is 11.1 Å². The Morgan fingerprint density at radius 3 is 1.43 bits per heavy atom. The van der Waals surface area contributed by atoms with Gasteiger partial charge in [0.2, 0.25) is 0 Å². The second kappa shape index (κ2) is 8.24. The zero-order chi connectivity index (χ0) is 14.9. The lowest BCUT2D eigenvalue weighted by Gasteiger charge is -1.98. The number of hydrogen-bond donors (Lipinski definition) is 0. The highest BCUT2D eigenvalue weighted by molar-refractivity contribution is 7.27. The molecule has 0 saturated carbocycles. The van der Waals surface area contributed by atoms with Gasteiger partial charge in [0, 0.05) is 0 Å². The van der Waals surface area contributed by atoms with E-state index >= 15 is 0 Å². The van der Waals surface area contributed by atoms with Crippen LogP contribution in [0.2, 0.25) is 0 Å². The molecule has 0 radical (unpaired) electrons.